The number of nitrogens with zero attached hydrogens (tertiary/aromatic N) is 3. The minimum atomic E-state index is 0.738. The Bertz CT molecular complexity index is 514. The van der Waals surface area contributed by atoms with Crippen molar-refractivity contribution >= 4 is 5.69 Å². The predicted molar refractivity (Wildman–Crippen MR) is 78.5 cm³/mol. The average Bonchev–Trinajstić information content (AvgIpc) is 3.19. The van der Waals surface area contributed by atoms with E-state index in [0.717, 1.165) is 25.4 Å². The lowest BCUT2D eigenvalue weighted by Gasteiger charge is -2.19. The molecule has 3 rings (SSSR count). The standard InChI is InChI=1S/C16H21N3/c1-18(15-6-3-2-4-7-15)11-5-12-19-13-10-17-16(19)14-8-9-14/h2-4,6-7,10,13-14H,5,8-9,11-12H2,1H3. The molecule has 1 aromatic heterocycles. The van der Waals surface area contributed by atoms with Gasteiger partial charge in [-0.3, -0.25) is 0 Å². The van der Waals surface area contributed by atoms with Crippen LogP contribution in [0.25, 0.3) is 0 Å². The van der Waals surface area contributed by atoms with Crippen molar-refractivity contribution in [3.63, 3.8) is 0 Å². The van der Waals surface area contributed by atoms with Crippen molar-refractivity contribution < 1.29 is 0 Å². The zero-order valence-electron chi connectivity index (χ0n) is 11.5. The zero-order valence-corrected chi connectivity index (χ0v) is 11.5. The van der Waals surface area contributed by atoms with Crippen molar-refractivity contribution in [1.29, 1.82) is 0 Å². The van der Waals surface area contributed by atoms with Crippen LogP contribution < -0.4 is 4.90 Å². The lowest BCUT2D eigenvalue weighted by Crippen LogP contribution is -2.20. The number of imidazole rings is 1. The second-order valence-corrected chi connectivity index (χ2v) is 5.36. The zero-order chi connectivity index (χ0) is 13.1. The number of para-hydroxylation sites is 1. The highest BCUT2D eigenvalue weighted by Crippen LogP contribution is 2.38. The fourth-order valence-corrected chi connectivity index (χ4v) is 2.50. The van der Waals surface area contributed by atoms with Gasteiger partial charge in [0, 0.05) is 44.1 Å². The number of rotatable bonds is 6. The van der Waals surface area contributed by atoms with E-state index in [2.05, 4.69) is 58.0 Å². The number of aromatic nitrogens is 2. The molecule has 2 aromatic rings. The third-order valence-corrected chi connectivity index (χ3v) is 3.78. The molecule has 0 amide bonds. The van der Waals surface area contributed by atoms with Crippen LogP contribution in [0.2, 0.25) is 0 Å². The number of hydrogen-bond acceptors (Lipinski definition) is 2. The van der Waals surface area contributed by atoms with E-state index in [1.165, 1.54) is 24.4 Å². The van der Waals surface area contributed by atoms with Crippen molar-refractivity contribution in [2.24, 2.45) is 0 Å². The maximum atomic E-state index is 4.48. The largest absolute Gasteiger partial charge is 0.375 e. The van der Waals surface area contributed by atoms with E-state index in [-0.39, 0.29) is 0 Å². The molecule has 0 radical (unpaired) electrons. The second-order valence-electron chi connectivity index (χ2n) is 5.36. The predicted octanol–water partition coefficient (Wildman–Crippen LogP) is 3.29. The molecule has 19 heavy (non-hydrogen) atoms. The lowest BCUT2D eigenvalue weighted by atomic mass is 10.3. The molecule has 1 aliphatic carbocycles. The van der Waals surface area contributed by atoms with Gasteiger partial charge in [-0.15, -0.1) is 0 Å². The van der Waals surface area contributed by atoms with Crippen LogP contribution in [0.4, 0.5) is 5.69 Å². The molecule has 3 nitrogen and oxygen atoms in total. The Morgan fingerprint density at radius 1 is 1.26 bits per heavy atom. The number of hydrogen-bond donors (Lipinski definition) is 0. The Morgan fingerprint density at radius 3 is 2.79 bits per heavy atom. The van der Waals surface area contributed by atoms with E-state index in [1.54, 1.807) is 0 Å². The van der Waals surface area contributed by atoms with Crippen LogP contribution in [-0.2, 0) is 6.54 Å². The minimum Gasteiger partial charge on any atom is -0.375 e. The molecule has 100 valence electrons. The molecule has 1 aromatic carbocycles. The van der Waals surface area contributed by atoms with Gasteiger partial charge in [0.1, 0.15) is 5.82 Å². The summed E-state index contributed by atoms with van der Waals surface area (Å²) in [4.78, 5) is 6.80. The summed E-state index contributed by atoms with van der Waals surface area (Å²) in [5, 5.41) is 0. The fraction of sp³-hybridized carbons (Fsp3) is 0.438. The van der Waals surface area contributed by atoms with Gasteiger partial charge in [-0.05, 0) is 31.4 Å². The van der Waals surface area contributed by atoms with Crippen molar-refractivity contribution in [2.45, 2.75) is 31.7 Å². The van der Waals surface area contributed by atoms with Gasteiger partial charge in [-0.1, -0.05) is 18.2 Å². The molecule has 0 saturated heterocycles. The van der Waals surface area contributed by atoms with Crippen molar-refractivity contribution in [2.75, 3.05) is 18.5 Å². The minimum absolute atomic E-state index is 0.738. The normalized spacial score (nSPS) is 14.6. The summed E-state index contributed by atoms with van der Waals surface area (Å²) >= 11 is 0. The van der Waals surface area contributed by atoms with Gasteiger partial charge in [-0.2, -0.15) is 0 Å². The van der Waals surface area contributed by atoms with E-state index in [0.29, 0.717) is 0 Å². The molecule has 0 bridgehead atoms. The van der Waals surface area contributed by atoms with Crippen LogP contribution in [0.15, 0.2) is 42.7 Å². The van der Waals surface area contributed by atoms with Crippen LogP contribution in [0.5, 0.6) is 0 Å². The quantitative estimate of drug-likeness (QED) is 0.789. The van der Waals surface area contributed by atoms with Gasteiger partial charge in [0.25, 0.3) is 0 Å². The molecule has 1 heterocycles. The van der Waals surface area contributed by atoms with Crippen LogP contribution in [0.3, 0.4) is 0 Å². The molecule has 1 saturated carbocycles. The summed E-state index contributed by atoms with van der Waals surface area (Å²) in [6, 6.07) is 10.6. The van der Waals surface area contributed by atoms with Gasteiger partial charge < -0.3 is 9.47 Å². The van der Waals surface area contributed by atoms with Gasteiger partial charge >= 0.3 is 0 Å². The smallest absolute Gasteiger partial charge is 0.111 e. The molecule has 1 fully saturated rings. The first-order valence-electron chi connectivity index (χ1n) is 7.12. The summed E-state index contributed by atoms with van der Waals surface area (Å²) in [6.45, 7) is 2.15. The molecular weight excluding hydrogens is 234 g/mol. The Kier molecular flexibility index (Phi) is 3.53. The van der Waals surface area contributed by atoms with Gasteiger partial charge in [0.2, 0.25) is 0 Å². The highest BCUT2D eigenvalue weighted by atomic mass is 15.1. The van der Waals surface area contributed by atoms with Gasteiger partial charge in [0.05, 0.1) is 0 Å². The molecule has 0 spiro atoms. The summed E-state index contributed by atoms with van der Waals surface area (Å²) in [5.41, 5.74) is 1.29. The summed E-state index contributed by atoms with van der Waals surface area (Å²) in [6.07, 6.45) is 7.86. The van der Waals surface area contributed by atoms with E-state index in [4.69, 9.17) is 0 Å². The number of benzene rings is 1. The number of aryl methyl sites for hydroxylation is 1. The summed E-state index contributed by atoms with van der Waals surface area (Å²) < 4.78 is 2.33. The third kappa shape index (κ3) is 2.98. The molecule has 0 unspecified atom stereocenters. The first-order chi connectivity index (χ1) is 9.34. The van der Waals surface area contributed by atoms with E-state index in [1.807, 2.05) is 6.20 Å². The monoisotopic (exact) mass is 255 g/mol. The third-order valence-electron chi connectivity index (χ3n) is 3.78. The molecule has 0 aliphatic heterocycles. The highest BCUT2D eigenvalue weighted by Gasteiger charge is 2.27. The van der Waals surface area contributed by atoms with Crippen molar-refractivity contribution in [1.82, 2.24) is 9.55 Å². The molecular formula is C16H21N3. The summed E-state index contributed by atoms with van der Waals surface area (Å²) in [5.74, 6) is 2.03. The fourth-order valence-electron chi connectivity index (χ4n) is 2.50. The highest BCUT2D eigenvalue weighted by molar-refractivity contribution is 5.44. The number of anilines is 1. The van der Waals surface area contributed by atoms with E-state index < -0.39 is 0 Å². The first kappa shape index (κ1) is 12.3. The molecule has 3 heteroatoms. The first-order valence-corrected chi connectivity index (χ1v) is 7.12. The second kappa shape index (κ2) is 5.47. The molecule has 0 N–H and O–H groups in total. The maximum absolute atomic E-state index is 4.48. The van der Waals surface area contributed by atoms with Crippen LogP contribution >= 0.6 is 0 Å². The van der Waals surface area contributed by atoms with Crippen molar-refractivity contribution in [3.8, 4) is 0 Å². The average molecular weight is 255 g/mol. The SMILES string of the molecule is CN(CCCn1ccnc1C1CC1)c1ccccc1. The van der Waals surface area contributed by atoms with Crippen LogP contribution in [0.1, 0.15) is 31.0 Å². The Balaban J connectivity index is 1.51. The van der Waals surface area contributed by atoms with Crippen LogP contribution in [0, 0.1) is 0 Å². The topological polar surface area (TPSA) is 21.1 Å². The molecule has 0 atom stereocenters. The van der Waals surface area contributed by atoms with E-state index >= 15 is 0 Å². The Labute approximate surface area is 114 Å². The summed E-state index contributed by atoms with van der Waals surface area (Å²) in [7, 11) is 2.16. The Hall–Kier alpha value is -1.77. The van der Waals surface area contributed by atoms with Gasteiger partial charge in [0.15, 0.2) is 0 Å². The van der Waals surface area contributed by atoms with Crippen molar-refractivity contribution in [3.05, 3.63) is 48.5 Å². The lowest BCUT2D eigenvalue weighted by molar-refractivity contribution is 0.609. The van der Waals surface area contributed by atoms with Crippen LogP contribution in [-0.4, -0.2) is 23.1 Å². The Morgan fingerprint density at radius 2 is 2.05 bits per heavy atom. The van der Waals surface area contributed by atoms with E-state index in [9.17, 15) is 0 Å². The molecule has 1 aliphatic rings. The van der Waals surface area contributed by atoms with Gasteiger partial charge in [-0.25, -0.2) is 4.98 Å². The maximum Gasteiger partial charge on any atom is 0.111 e.